The molecule has 1 aromatic carbocycles. The highest BCUT2D eigenvalue weighted by molar-refractivity contribution is 5.90. The van der Waals surface area contributed by atoms with Crippen LogP contribution in [0.3, 0.4) is 0 Å². The number of aromatic nitrogens is 4. The van der Waals surface area contributed by atoms with Gasteiger partial charge < -0.3 is 15.6 Å². The molecule has 3 heterocycles. The first-order chi connectivity index (χ1) is 11.6. The van der Waals surface area contributed by atoms with E-state index in [4.69, 9.17) is 10.7 Å². The number of nitrogens with one attached hydrogen (secondary N) is 1. The minimum atomic E-state index is -0.338. The number of nitrogens with two attached hydrogens (primary N) is 1. The highest BCUT2D eigenvalue weighted by Crippen LogP contribution is 2.31. The predicted octanol–water partition coefficient (Wildman–Crippen LogP) is 1.78. The van der Waals surface area contributed by atoms with E-state index in [0.717, 1.165) is 36.3 Å². The van der Waals surface area contributed by atoms with E-state index in [9.17, 15) is 4.79 Å². The quantitative estimate of drug-likeness (QED) is 0.765. The standard InChI is InChI=1S/C17H18N6O/c1-10-19-13-16(20-10)21-15(11-6-3-2-4-7-11)22-17(13)23-9-5-8-12(23)14(18)24/h2-4,6-7,12H,5,8-9H2,1H3,(H2,18,24)(H,19,20,21,22)/t12-/m1/s1. The molecular formula is C17H18N6O. The van der Waals surface area contributed by atoms with Gasteiger partial charge >= 0.3 is 0 Å². The van der Waals surface area contributed by atoms with E-state index in [1.54, 1.807) is 0 Å². The molecule has 7 nitrogen and oxygen atoms in total. The van der Waals surface area contributed by atoms with Crippen LogP contribution in [-0.2, 0) is 4.79 Å². The molecule has 122 valence electrons. The molecule has 1 aliphatic heterocycles. The number of imidazole rings is 1. The normalized spacial score (nSPS) is 17.5. The van der Waals surface area contributed by atoms with Crippen molar-refractivity contribution in [3.05, 3.63) is 36.2 Å². The Morgan fingerprint density at radius 3 is 2.79 bits per heavy atom. The summed E-state index contributed by atoms with van der Waals surface area (Å²) in [7, 11) is 0. The second-order valence-corrected chi connectivity index (χ2v) is 6.01. The molecule has 1 atom stereocenters. The van der Waals surface area contributed by atoms with Crippen molar-refractivity contribution in [2.75, 3.05) is 11.4 Å². The Kier molecular flexibility index (Phi) is 3.41. The van der Waals surface area contributed by atoms with Gasteiger partial charge in [-0.3, -0.25) is 4.79 Å². The number of anilines is 1. The van der Waals surface area contributed by atoms with E-state index < -0.39 is 0 Å². The van der Waals surface area contributed by atoms with Gasteiger partial charge in [-0.15, -0.1) is 0 Å². The van der Waals surface area contributed by atoms with Crippen molar-refractivity contribution >= 4 is 22.9 Å². The summed E-state index contributed by atoms with van der Waals surface area (Å²) in [5.74, 6) is 1.73. The topological polar surface area (TPSA) is 101 Å². The number of hydrogen-bond acceptors (Lipinski definition) is 5. The number of benzene rings is 1. The third kappa shape index (κ3) is 2.38. The van der Waals surface area contributed by atoms with Gasteiger partial charge in [0, 0.05) is 12.1 Å². The predicted molar refractivity (Wildman–Crippen MR) is 91.4 cm³/mol. The number of primary amides is 1. The maximum absolute atomic E-state index is 11.8. The van der Waals surface area contributed by atoms with Crippen LogP contribution in [-0.4, -0.2) is 38.4 Å². The summed E-state index contributed by atoms with van der Waals surface area (Å²) in [5.41, 5.74) is 7.84. The van der Waals surface area contributed by atoms with Crippen LogP contribution in [0.1, 0.15) is 18.7 Å². The minimum absolute atomic E-state index is 0.322. The molecule has 0 spiro atoms. The van der Waals surface area contributed by atoms with Crippen LogP contribution in [0.2, 0.25) is 0 Å². The molecule has 0 aliphatic carbocycles. The number of aromatic amines is 1. The summed E-state index contributed by atoms with van der Waals surface area (Å²) in [6.45, 7) is 2.62. The fraction of sp³-hybridized carbons (Fsp3) is 0.294. The second-order valence-electron chi connectivity index (χ2n) is 6.01. The molecule has 1 saturated heterocycles. The summed E-state index contributed by atoms with van der Waals surface area (Å²) >= 11 is 0. The number of H-pyrrole nitrogens is 1. The Balaban J connectivity index is 1.91. The van der Waals surface area contributed by atoms with Crippen molar-refractivity contribution in [3.8, 4) is 11.4 Å². The average Bonchev–Trinajstić information content (AvgIpc) is 3.20. The third-order valence-corrected chi connectivity index (χ3v) is 4.34. The number of hydrogen-bond donors (Lipinski definition) is 2. The van der Waals surface area contributed by atoms with Crippen molar-refractivity contribution in [3.63, 3.8) is 0 Å². The van der Waals surface area contributed by atoms with Crippen molar-refractivity contribution in [1.82, 2.24) is 19.9 Å². The van der Waals surface area contributed by atoms with Crippen LogP contribution >= 0.6 is 0 Å². The number of carbonyl (C=O) groups is 1. The Bertz CT molecular complexity index is 904. The monoisotopic (exact) mass is 322 g/mol. The first-order valence-electron chi connectivity index (χ1n) is 7.99. The number of rotatable bonds is 3. The van der Waals surface area contributed by atoms with Gasteiger partial charge in [-0.05, 0) is 19.8 Å². The highest BCUT2D eigenvalue weighted by Gasteiger charge is 2.32. The Morgan fingerprint density at radius 1 is 1.25 bits per heavy atom. The molecule has 1 fully saturated rings. The van der Waals surface area contributed by atoms with E-state index in [1.165, 1.54) is 0 Å². The zero-order chi connectivity index (χ0) is 16.7. The lowest BCUT2D eigenvalue weighted by atomic mass is 10.2. The fourth-order valence-corrected chi connectivity index (χ4v) is 3.24. The van der Waals surface area contributed by atoms with Crippen LogP contribution in [0.15, 0.2) is 30.3 Å². The Labute approximate surface area is 138 Å². The summed E-state index contributed by atoms with van der Waals surface area (Å²) in [6.07, 6.45) is 1.65. The van der Waals surface area contributed by atoms with Crippen molar-refractivity contribution in [2.24, 2.45) is 5.73 Å². The molecule has 7 heteroatoms. The van der Waals surface area contributed by atoms with Gasteiger partial charge in [0.15, 0.2) is 17.3 Å². The molecule has 0 radical (unpaired) electrons. The number of fused-ring (bicyclic) bond motifs is 1. The molecule has 3 aromatic rings. The molecule has 4 rings (SSSR count). The number of nitrogens with zero attached hydrogens (tertiary/aromatic N) is 4. The molecule has 1 aliphatic rings. The van der Waals surface area contributed by atoms with Gasteiger partial charge in [-0.1, -0.05) is 30.3 Å². The minimum Gasteiger partial charge on any atom is -0.368 e. The van der Waals surface area contributed by atoms with E-state index in [1.807, 2.05) is 42.2 Å². The summed E-state index contributed by atoms with van der Waals surface area (Å²) in [4.78, 5) is 30.7. The van der Waals surface area contributed by atoms with Gasteiger partial charge in [0.05, 0.1) is 0 Å². The van der Waals surface area contributed by atoms with Crippen LogP contribution in [0, 0.1) is 6.92 Å². The summed E-state index contributed by atoms with van der Waals surface area (Å²) < 4.78 is 0. The van der Waals surface area contributed by atoms with Crippen molar-refractivity contribution in [1.29, 1.82) is 0 Å². The van der Waals surface area contributed by atoms with Gasteiger partial charge in [-0.25, -0.2) is 15.0 Å². The van der Waals surface area contributed by atoms with Crippen LogP contribution < -0.4 is 10.6 Å². The van der Waals surface area contributed by atoms with Crippen molar-refractivity contribution < 1.29 is 4.79 Å². The molecule has 0 bridgehead atoms. The lowest BCUT2D eigenvalue weighted by molar-refractivity contribution is -0.119. The Morgan fingerprint density at radius 2 is 2.04 bits per heavy atom. The molecule has 0 saturated carbocycles. The van der Waals surface area contributed by atoms with Crippen molar-refractivity contribution in [2.45, 2.75) is 25.8 Å². The zero-order valence-electron chi connectivity index (χ0n) is 13.4. The maximum Gasteiger partial charge on any atom is 0.240 e. The van der Waals surface area contributed by atoms with Crippen LogP contribution in [0.4, 0.5) is 5.82 Å². The number of amides is 1. The SMILES string of the molecule is Cc1nc2nc(-c3ccccc3)nc(N3CCC[C@@H]3C(N)=O)c2[nH]1. The lowest BCUT2D eigenvalue weighted by Gasteiger charge is -2.23. The van der Waals surface area contributed by atoms with Crippen LogP contribution in [0.5, 0.6) is 0 Å². The molecule has 0 unspecified atom stereocenters. The van der Waals surface area contributed by atoms with E-state index in [-0.39, 0.29) is 11.9 Å². The molecule has 2 aromatic heterocycles. The van der Waals surface area contributed by atoms with Gasteiger partial charge in [0.2, 0.25) is 5.91 Å². The first kappa shape index (κ1) is 14.6. The fourth-order valence-electron chi connectivity index (χ4n) is 3.24. The molecular weight excluding hydrogens is 304 g/mol. The maximum atomic E-state index is 11.8. The lowest BCUT2D eigenvalue weighted by Crippen LogP contribution is -2.41. The van der Waals surface area contributed by atoms with Gasteiger partial charge in [0.25, 0.3) is 0 Å². The van der Waals surface area contributed by atoms with Gasteiger partial charge in [0.1, 0.15) is 17.4 Å². The average molecular weight is 322 g/mol. The first-order valence-corrected chi connectivity index (χ1v) is 7.99. The van der Waals surface area contributed by atoms with E-state index >= 15 is 0 Å². The molecule has 1 amide bonds. The summed E-state index contributed by atoms with van der Waals surface area (Å²) in [6, 6.07) is 9.42. The van der Waals surface area contributed by atoms with Gasteiger partial charge in [-0.2, -0.15) is 0 Å². The smallest absolute Gasteiger partial charge is 0.240 e. The van der Waals surface area contributed by atoms with Crippen LogP contribution in [0.25, 0.3) is 22.6 Å². The Hall–Kier alpha value is -2.96. The largest absolute Gasteiger partial charge is 0.368 e. The highest BCUT2D eigenvalue weighted by atomic mass is 16.1. The summed E-state index contributed by atoms with van der Waals surface area (Å²) in [5, 5.41) is 0. The zero-order valence-corrected chi connectivity index (χ0v) is 13.4. The molecule has 24 heavy (non-hydrogen) atoms. The molecule has 3 N–H and O–H groups in total. The number of carbonyl (C=O) groups excluding carboxylic acids is 1. The van der Waals surface area contributed by atoms with E-state index in [2.05, 4.69) is 15.0 Å². The number of aryl methyl sites for hydroxylation is 1. The van der Waals surface area contributed by atoms with E-state index in [0.29, 0.717) is 17.3 Å². The second kappa shape index (κ2) is 5.59. The third-order valence-electron chi connectivity index (χ3n) is 4.34.